The lowest BCUT2D eigenvalue weighted by molar-refractivity contribution is -0.142. The van der Waals surface area contributed by atoms with Gasteiger partial charge in [0.15, 0.2) is 0 Å². The van der Waals surface area contributed by atoms with Crippen molar-refractivity contribution in [3.8, 4) is 0 Å². The molecule has 0 fully saturated rings. The second kappa shape index (κ2) is 5.15. The zero-order valence-corrected chi connectivity index (χ0v) is 9.71. The van der Waals surface area contributed by atoms with Crippen LogP contribution in [0.5, 0.6) is 0 Å². The summed E-state index contributed by atoms with van der Waals surface area (Å²) in [4.78, 5) is 44.5. The lowest BCUT2D eigenvalue weighted by Crippen LogP contribution is -2.42. The Morgan fingerprint density at radius 2 is 1.65 bits per heavy atom. The molecule has 17 heavy (non-hydrogen) atoms. The summed E-state index contributed by atoms with van der Waals surface area (Å²) in [5.74, 6) is -3.81. The molecular formula is C8H6Cl2N2O5. The molecule has 0 aromatic carbocycles. The SMILES string of the molecule is O=C(O)CNC(=O)CN1C(=O)C(Cl)=C(Cl)C1=O. The van der Waals surface area contributed by atoms with Crippen LogP contribution in [-0.4, -0.2) is 46.8 Å². The predicted octanol–water partition coefficient (Wildman–Crippen LogP) is -0.755. The molecule has 0 radical (unpaired) electrons. The molecule has 1 aliphatic rings. The molecule has 0 aliphatic carbocycles. The summed E-state index contributed by atoms with van der Waals surface area (Å²) in [5, 5.41) is 9.38. The highest BCUT2D eigenvalue weighted by Crippen LogP contribution is 2.25. The number of nitrogens with one attached hydrogen (secondary N) is 1. The highest BCUT2D eigenvalue weighted by Gasteiger charge is 2.37. The molecule has 0 bridgehead atoms. The molecule has 1 heterocycles. The number of aliphatic carboxylic acids is 1. The smallest absolute Gasteiger partial charge is 0.322 e. The third-order valence-electron chi connectivity index (χ3n) is 1.80. The first-order valence-electron chi connectivity index (χ1n) is 4.24. The zero-order valence-electron chi connectivity index (χ0n) is 8.20. The van der Waals surface area contributed by atoms with Gasteiger partial charge in [0, 0.05) is 0 Å². The molecular weight excluding hydrogens is 275 g/mol. The van der Waals surface area contributed by atoms with E-state index in [-0.39, 0.29) is 0 Å². The van der Waals surface area contributed by atoms with Crippen molar-refractivity contribution in [2.45, 2.75) is 0 Å². The molecule has 0 spiro atoms. The van der Waals surface area contributed by atoms with Crippen molar-refractivity contribution in [3.05, 3.63) is 10.1 Å². The van der Waals surface area contributed by atoms with E-state index in [0.717, 1.165) is 0 Å². The molecule has 3 amide bonds. The maximum atomic E-state index is 11.3. The third-order valence-corrected chi connectivity index (χ3v) is 2.60. The van der Waals surface area contributed by atoms with Gasteiger partial charge in [0.25, 0.3) is 11.8 Å². The van der Waals surface area contributed by atoms with E-state index < -0.39 is 46.8 Å². The van der Waals surface area contributed by atoms with Crippen LogP contribution < -0.4 is 5.32 Å². The van der Waals surface area contributed by atoms with Gasteiger partial charge in [-0.25, -0.2) is 0 Å². The first-order valence-corrected chi connectivity index (χ1v) is 5.00. The van der Waals surface area contributed by atoms with Gasteiger partial charge in [-0.05, 0) is 0 Å². The van der Waals surface area contributed by atoms with Gasteiger partial charge in [0.2, 0.25) is 5.91 Å². The molecule has 9 heteroatoms. The molecule has 0 aromatic rings. The van der Waals surface area contributed by atoms with E-state index in [1.165, 1.54) is 0 Å². The lowest BCUT2D eigenvalue weighted by atomic mass is 10.4. The molecule has 0 unspecified atom stereocenters. The van der Waals surface area contributed by atoms with Crippen LogP contribution >= 0.6 is 23.2 Å². The van der Waals surface area contributed by atoms with E-state index in [1.54, 1.807) is 0 Å². The number of hydrogen-bond donors (Lipinski definition) is 2. The predicted molar refractivity (Wildman–Crippen MR) is 56.1 cm³/mol. The van der Waals surface area contributed by atoms with Crippen molar-refractivity contribution in [1.82, 2.24) is 10.2 Å². The van der Waals surface area contributed by atoms with Crippen LogP contribution in [0.25, 0.3) is 0 Å². The zero-order chi connectivity index (χ0) is 13.2. The van der Waals surface area contributed by atoms with Crippen molar-refractivity contribution in [3.63, 3.8) is 0 Å². The highest BCUT2D eigenvalue weighted by molar-refractivity contribution is 6.58. The molecule has 92 valence electrons. The Hall–Kier alpha value is -1.60. The number of carbonyl (C=O) groups is 4. The Balaban J connectivity index is 2.60. The highest BCUT2D eigenvalue weighted by atomic mass is 35.5. The number of carbonyl (C=O) groups excluding carboxylic acids is 3. The van der Waals surface area contributed by atoms with Gasteiger partial charge in [-0.15, -0.1) is 0 Å². The molecule has 0 atom stereocenters. The number of hydrogen-bond acceptors (Lipinski definition) is 4. The fourth-order valence-corrected chi connectivity index (χ4v) is 1.40. The summed E-state index contributed by atoms with van der Waals surface area (Å²) < 4.78 is 0. The first-order chi connectivity index (χ1) is 7.84. The average molecular weight is 281 g/mol. The van der Waals surface area contributed by atoms with Crippen LogP contribution in [0.3, 0.4) is 0 Å². The van der Waals surface area contributed by atoms with E-state index in [2.05, 4.69) is 0 Å². The number of rotatable bonds is 4. The van der Waals surface area contributed by atoms with E-state index in [1.807, 2.05) is 5.32 Å². The van der Waals surface area contributed by atoms with Crippen LogP contribution in [0.15, 0.2) is 10.1 Å². The Labute approximate surface area is 105 Å². The van der Waals surface area contributed by atoms with Crippen molar-refractivity contribution in [2.24, 2.45) is 0 Å². The Kier molecular flexibility index (Phi) is 4.08. The second-order valence-corrected chi connectivity index (χ2v) is 3.75. The average Bonchev–Trinajstić information content (AvgIpc) is 2.44. The van der Waals surface area contributed by atoms with Crippen LogP contribution in [-0.2, 0) is 19.2 Å². The Morgan fingerprint density at radius 3 is 2.06 bits per heavy atom. The van der Waals surface area contributed by atoms with Gasteiger partial charge in [0.05, 0.1) is 0 Å². The normalized spacial score (nSPS) is 15.5. The minimum Gasteiger partial charge on any atom is -0.480 e. The van der Waals surface area contributed by atoms with Gasteiger partial charge < -0.3 is 10.4 Å². The number of halogens is 2. The van der Waals surface area contributed by atoms with Gasteiger partial charge in [-0.2, -0.15) is 0 Å². The molecule has 0 aromatic heterocycles. The van der Waals surface area contributed by atoms with Gasteiger partial charge in [-0.3, -0.25) is 24.1 Å². The van der Waals surface area contributed by atoms with Gasteiger partial charge >= 0.3 is 5.97 Å². The summed E-state index contributed by atoms with van der Waals surface area (Å²) in [7, 11) is 0. The molecule has 1 rings (SSSR count). The van der Waals surface area contributed by atoms with E-state index in [0.29, 0.717) is 4.90 Å². The molecule has 0 saturated heterocycles. The molecule has 7 nitrogen and oxygen atoms in total. The fourth-order valence-electron chi connectivity index (χ4n) is 1.03. The van der Waals surface area contributed by atoms with Crippen LogP contribution in [0, 0.1) is 0 Å². The number of carboxylic acid groups (broad SMARTS) is 1. The summed E-state index contributed by atoms with van der Waals surface area (Å²) in [6, 6.07) is 0. The Morgan fingerprint density at radius 1 is 1.18 bits per heavy atom. The van der Waals surface area contributed by atoms with Crippen molar-refractivity contribution in [2.75, 3.05) is 13.1 Å². The maximum Gasteiger partial charge on any atom is 0.322 e. The van der Waals surface area contributed by atoms with E-state index in [9.17, 15) is 19.2 Å². The van der Waals surface area contributed by atoms with Crippen LogP contribution in [0.4, 0.5) is 0 Å². The van der Waals surface area contributed by atoms with E-state index >= 15 is 0 Å². The topological polar surface area (TPSA) is 104 Å². The van der Waals surface area contributed by atoms with Crippen molar-refractivity contribution >= 4 is 46.9 Å². The summed E-state index contributed by atoms with van der Waals surface area (Å²) in [6.07, 6.45) is 0. The monoisotopic (exact) mass is 280 g/mol. The number of carboxylic acids is 1. The first kappa shape index (κ1) is 13.5. The third kappa shape index (κ3) is 2.95. The minimum absolute atomic E-state index is 0.456. The Bertz CT molecular complexity index is 421. The standard InChI is InChI=1S/C8H6Cl2N2O5/c9-5-6(10)8(17)12(7(5)16)2-3(13)11-1-4(14)15/h1-2H2,(H,11,13)(H,14,15). The van der Waals surface area contributed by atoms with Gasteiger partial charge in [0.1, 0.15) is 23.2 Å². The quantitative estimate of drug-likeness (QED) is 0.659. The lowest BCUT2D eigenvalue weighted by Gasteiger charge is -2.12. The number of amides is 3. The molecule has 1 aliphatic heterocycles. The van der Waals surface area contributed by atoms with Crippen molar-refractivity contribution < 1.29 is 24.3 Å². The summed E-state index contributed by atoms with van der Waals surface area (Å²) in [5.41, 5.74) is 0. The maximum absolute atomic E-state index is 11.3. The number of imide groups is 1. The molecule has 0 saturated carbocycles. The van der Waals surface area contributed by atoms with Crippen LogP contribution in [0.2, 0.25) is 0 Å². The summed E-state index contributed by atoms with van der Waals surface area (Å²) in [6.45, 7) is -1.23. The minimum atomic E-state index is -1.24. The van der Waals surface area contributed by atoms with Crippen molar-refractivity contribution in [1.29, 1.82) is 0 Å². The van der Waals surface area contributed by atoms with Crippen LogP contribution in [0.1, 0.15) is 0 Å². The van der Waals surface area contributed by atoms with Gasteiger partial charge in [-0.1, -0.05) is 23.2 Å². The largest absolute Gasteiger partial charge is 0.480 e. The number of nitrogens with zero attached hydrogens (tertiary/aromatic N) is 1. The fraction of sp³-hybridized carbons (Fsp3) is 0.250. The summed E-state index contributed by atoms with van der Waals surface area (Å²) >= 11 is 10.8. The molecule has 2 N–H and O–H groups in total. The van der Waals surface area contributed by atoms with E-state index in [4.69, 9.17) is 28.3 Å². The second-order valence-electron chi connectivity index (χ2n) is 2.99.